The second kappa shape index (κ2) is 5.42. The maximum absolute atomic E-state index is 14.2. The third-order valence-corrected chi connectivity index (χ3v) is 5.32. The summed E-state index contributed by atoms with van der Waals surface area (Å²) in [7, 11) is 0. The monoisotopic (exact) mass is 365 g/mol. The highest BCUT2D eigenvalue weighted by molar-refractivity contribution is 5.79. The SMILES string of the molecule is Fc1cccc2oc([C@H]3c4nc[nH]c4CCN3c3nnc(C4CC4)o3)cc12. The summed E-state index contributed by atoms with van der Waals surface area (Å²) < 4.78 is 26.1. The second-order valence-corrected chi connectivity index (χ2v) is 7.11. The fraction of sp³-hybridized carbons (Fsp3) is 0.316. The normalized spacial score (nSPS) is 19.6. The molecule has 1 aliphatic carbocycles. The number of hydrogen-bond acceptors (Lipinski definition) is 6. The van der Waals surface area contributed by atoms with Gasteiger partial charge in [-0.3, -0.25) is 0 Å². The predicted octanol–water partition coefficient (Wildman–Crippen LogP) is 3.71. The fourth-order valence-corrected chi connectivity index (χ4v) is 3.79. The van der Waals surface area contributed by atoms with Crippen molar-refractivity contribution in [2.45, 2.75) is 31.2 Å². The van der Waals surface area contributed by atoms with E-state index in [1.165, 1.54) is 6.07 Å². The highest BCUT2D eigenvalue weighted by atomic mass is 19.1. The molecular formula is C19H16FN5O2. The molecule has 0 saturated heterocycles. The number of H-pyrrole nitrogens is 1. The van der Waals surface area contributed by atoms with Gasteiger partial charge in [0.15, 0.2) is 0 Å². The van der Waals surface area contributed by atoms with E-state index in [4.69, 9.17) is 8.83 Å². The Kier molecular flexibility index (Phi) is 3.00. The Labute approximate surface area is 153 Å². The third kappa shape index (κ3) is 2.29. The zero-order valence-electron chi connectivity index (χ0n) is 14.4. The third-order valence-electron chi connectivity index (χ3n) is 5.32. The topological polar surface area (TPSA) is 84.0 Å². The molecule has 1 saturated carbocycles. The molecule has 1 fully saturated rings. The number of anilines is 1. The lowest BCUT2D eigenvalue weighted by atomic mass is 10.0. The van der Waals surface area contributed by atoms with Crippen LogP contribution < -0.4 is 4.90 Å². The number of nitrogens with zero attached hydrogens (tertiary/aromatic N) is 4. The predicted molar refractivity (Wildman–Crippen MR) is 93.9 cm³/mol. The van der Waals surface area contributed by atoms with Gasteiger partial charge in [0.2, 0.25) is 5.89 Å². The molecule has 4 aromatic rings. The van der Waals surface area contributed by atoms with Crippen LogP contribution in [0.3, 0.4) is 0 Å². The molecule has 1 atom stereocenters. The van der Waals surface area contributed by atoms with E-state index < -0.39 is 0 Å². The first-order chi connectivity index (χ1) is 13.3. The van der Waals surface area contributed by atoms with Crippen LogP contribution in [-0.2, 0) is 6.42 Å². The van der Waals surface area contributed by atoms with E-state index in [0.29, 0.717) is 41.1 Å². The molecule has 4 heterocycles. The summed E-state index contributed by atoms with van der Waals surface area (Å²) in [6.07, 6.45) is 4.64. The van der Waals surface area contributed by atoms with Gasteiger partial charge >= 0.3 is 6.01 Å². The fourth-order valence-electron chi connectivity index (χ4n) is 3.79. The number of aromatic amines is 1. The highest BCUT2D eigenvalue weighted by Gasteiger charge is 2.38. The molecular weight excluding hydrogens is 349 g/mol. The molecule has 2 aliphatic rings. The van der Waals surface area contributed by atoms with E-state index in [0.717, 1.165) is 30.7 Å². The van der Waals surface area contributed by atoms with Crippen LogP contribution in [0.2, 0.25) is 0 Å². The van der Waals surface area contributed by atoms with Gasteiger partial charge in [-0.2, -0.15) is 0 Å². The van der Waals surface area contributed by atoms with Crippen LogP contribution in [0.5, 0.6) is 0 Å². The highest BCUT2D eigenvalue weighted by Crippen LogP contribution is 2.42. The number of hydrogen-bond donors (Lipinski definition) is 1. The van der Waals surface area contributed by atoms with Crippen molar-refractivity contribution in [2.24, 2.45) is 0 Å². The summed E-state index contributed by atoms with van der Waals surface area (Å²) in [5, 5.41) is 8.92. The van der Waals surface area contributed by atoms with E-state index in [1.807, 2.05) is 4.90 Å². The minimum atomic E-state index is -0.348. The van der Waals surface area contributed by atoms with Gasteiger partial charge in [-0.25, -0.2) is 9.37 Å². The van der Waals surface area contributed by atoms with Gasteiger partial charge < -0.3 is 18.7 Å². The minimum absolute atomic E-state index is 0.305. The minimum Gasteiger partial charge on any atom is -0.458 e. The van der Waals surface area contributed by atoms with Crippen molar-refractivity contribution in [2.75, 3.05) is 11.4 Å². The lowest BCUT2D eigenvalue weighted by Gasteiger charge is -2.32. The molecule has 0 radical (unpaired) electrons. The zero-order chi connectivity index (χ0) is 18.0. The van der Waals surface area contributed by atoms with E-state index in [1.54, 1.807) is 24.5 Å². The number of benzene rings is 1. The summed E-state index contributed by atoms with van der Waals surface area (Å²) in [6.45, 7) is 0.672. The molecule has 1 aromatic carbocycles. The van der Waals surface area contributed by atoms with E-state index in [9.17, 15) is 4.39 Å². The second-order valence-electron chi connectivity index (χ2n) is 7.11. The van der Waals surface area contributed by atoms with E-state index in [-0.39, 0.29) is 11.9 Å². The molecule has 0 unspecified atom stereocenters. The summed E-state index contributed by atoms with van der Waals surface area (Å²) in [4.78, 5) is 9.68. The number of fused-ring (bicyclic) bond motifs is 2. The first-order valence-corrected chi connectivity index (χ1v) is 9.08. The number of imidazole rings is 1. The van der Waals surface area contributed by atoms with Crippen LogP contribution >= 0.6 is 0 Å². The van der Waals surface area contributed by atoms with Crippen molar-refractivity contribution in [1.29, 1.82) is 0 Å². The van der Waals surface area contributed by atoms with Crippen molar-refractivity contribution in [3.8, 4) is 0 Å². The standard InChI is InChI=1S/C19H16FN5O2/c20-12-2-1-3-14-11(12)8-15(26-14)17-16-13(21-9-22-16)6-7-25(17)19-24-23-18(27-19)10-4-5-10/h1-3,8-10,17H,4-7H2,(H,21,22)/t17-/m0/s1. The van der Waals surface area contributed by atoms with Gasteiger partial charge in [-0.1, -0.05) is 11.2 Å². The molecule has 0 amide bonds. The van der Waals surface area contributed by atoms with E-state index in [2.05, 4.69) is 20.2 Å². The molecule has 8 heteroatoms. The van der Waals surface area contributed by atoms with Crippen molar-refractivity contribution < 1.29 is 13.2 Å². The Hall–Kier alpha value is -3.16. The van der Waals surface area contributed by atoms with Crippen LogP contribution in [0.15, 0.2) is 39.4 Å². The van der Waals surface area contributed by atoms with Gasteiger partial charge in [0.05, 0.1) is 17.4 Å². The Morgan fingerprint density at radius 3 is 2.96 bits per heavy atom. The van der Waals surface area contributed by atoms with Crippen molar-refractivity contribution in [3.05, 3.63) is 59.4 Å². The molecule has 1 aliphatic heterocycles. The van der Waals surface area contributed by atoms with Crippen LogP contribution in [0.25, 0.3) is 11.0 Å². The first kappa shape index (κ1) is 15.0. The molecule has 1 N–H and O–H groups in total. The molecule has 6 rings (SSSR count). The lowest BCUT2D eigenvalue weighted by Crippen LogP contribution is -2.36. The van der Waals surface area contributed by atoms with Gasteiger partial charge in [-0.15, -0.1) is 5.10 Å². The Bertz CT molecular complexity index is 1140. The zero-order valence-corrected chi connectivity index (χ0v) is 14.4. The maximum atomic E-state index is 14.2. The average molecular weight is 365 g/mol. The summed E-state index contributed by atoms with van der Waals surface area (Å²) in [5.74, 6) is 1.37. The Morgan fingerprint density at radius 1 is 1.19 bits per heavy atom. The summed E-state index contributed by atoms with van der Waals surface area (Å²) in [5.41, 5.74) is 2.39. The molecule has 0 bridgehead atoms. The maximum Gasteiger partial charge on any atom is 0.319 e. The number of halogens is 1. The van der Waals surface area contributed by atoms with Crippen molar-refractivity contribution >= 4 is 17.0 Å². The quantitative estimate of drug-likeness (QED) is 0.596. The van der Waals surface area contributed by atoms with Crippen LogP contribution in [0.4, 0.5) is 10.4 Å². The van der Waals surface area contributed by atoms with Gasteiger partial charge in [0, 0.05) is 24.6 Å². The molecule has 3 aromatic heterocycles. The van der Waals surface area contributed by atoms with Gasteiger partial charge in [0.1, 0.15) is 23.2 Å². The number of rotatable bonds is 3. The first-order valence-electron chi connectivity index (χ1n) is 9.08. The summed E-state index contributed by atoms with van der Waals surface area (Å²) >= 11 is 0. The smallest absolute Gasteiger partial charge is 0.319 e. The van der Waals surface area contributed by atoms with Crippen LogP contribution in [0.1, 0.15) is 47.8 Å². The molecule has 0 spiro atoms. The summed E-state index contributed by atoms with van der Waals surface area (Å²) in [6, 6.07) is 6.68. The largest absolute Gasteiger partial charge is 0.458 e. The van der Waals surface area contributed by atoms with Crippen LogP contribution in [0, 0.1) is 5.82 Å². The molecule has 7 nitrogen and oxygen atoms in total. The number of aromatic nitrogens is 4. The van der Waals surface area contributed by atoms with Gasteiger partial charge in [-0.05, 0) is 31.0 Å². The van der Waals surface area contributed by atoms with Gasteiger partial charge in [0.25, 0.3) is 0 Å². The average Bonchev–Trinajstić information content (AvgIpc) is 3.11. The number of furan rings is 1. The molecule has 136 valence electrons. The van der Waals surface area contributed by atoms with Crippen molar-refractivity contribution in [3.63, 3.8) is 0 Å². The number of nitrogens with one attached hydrogen (secondary N) is 1. The van der Waals surface area contributed by atoms with Crippen LogP contribution in [-0.4, -0.2) is 26.7 Å². The lowest BCUT2D eigenvalue weighted by molar-refractivity contribution is 0.435. The van der Waals surface area contributed by atoms with E-state index >= 15 is 0 Å². The Morgan fingerprint density at radius 2 is 2.11 bits per heavy atom. The molecule has 27 heavy (non-hydrogen) atoms. The Balaban J connectivity index is 1.49. The van der Waals surface area contributed by atoms with Crippen molar-refractivity contribution in [1.82, 2.24) is 20.2 Å².